The van der Waals surface area contributed by atoms with Gasteiger partial charge in [-0.05, 0) is 12.8 Å². The van der Waals surface area contributed by atoms with Gasteiger partial charge in [0.2, 0.25) is 0 Å². The van der Waals surface area contributed by atoms with Crippen molar-refractivity contribution in [3.8, 4) is 6.07 Å². The molecular formula is C7H12N2. The minimum Gasteiger partial charge on any atom is -0.327 e. The third kappa shape index (κ3) is 1.43. The van der Waals surface area contributed by atoms with Crippen LogP contribution in [0.15, 0.2) is 0 Å². The Kier molecular flexibility index (Phi) is 2.07. The molecule has 0 aliphatic heterocycles. The number of nitrogens with zero attached hydrogens (tertiary/aromatic N) is 1. The summed E-state index contributed by atoms with van der Waals surface area (Å²) < 4.78 is 0. The van der Waals surface area contributed by atoms with Crippen LogP contribution in [0.4, 0.5) is 0 Å². The molecule has 0 saturated heterocycles. The van der Waals surface area contributed by atoms with Crippen LogP contribution in [0.3, 0.4) is 0 Å². The van der Waals surface area contributed by atoms with E-state index in [1.54, 1.807) is 0 Å². The van der Waals surface area contributed by atoms with Crippen molar-refractivity contribution >= 4 is 0 Å². The molecule has 0 aromatic carbocycles. The molecule has 2 N–H and O–H groups in total. The summed E-state index contributed by atoms with van der Waals surface area (Å²) in [4.78, 5) is 0. The second-order valence-corrected chi connectivity index (χ2v) is 2.68. The van der Waals surface area contributed by atoms with Gasteiger partial charge in [0.25, 0.3) is 0 Å². The molecule has 1 fully saturated rings. The second-order valence-electron chi connectivity index (χ2n) is 2.68. The van der Waals surface area contributed by atoms with Crippen molar-refractivity contribution < 1.29 is 0 Å². The molecule has 0 radical (unpaired) electrons. The van der Waals surface area contributed by atoms with Crippen molar-refractivity contribution in [1.29, 1.82) is 5.26 Å². The molecule has 0 heterocycles. The molecule has 2 atom stereocenters. The van der Waals surface area contributed by atoms with E-state index < -0.39 is 0 Å². The molecule has 1 saturated carbocycles. The quantitative estimate of drug-likeness (QED) is 0.524. The first-order valence-corrected chi connectivity index (χ1v) is 3.50. The predicted molar refractivity (Wildman–Crippen MR) is 35.5 cm³/mol. The van der Waals surface area contributed by atoms with E-state index in [0.29, 0.717) is 0 Å². The summed E-state index contributed by atoms with van der Waals surface area (Å²) in [7, 11) is 0. The smallest absolute Gasteiger partial charge is 0.0672 e. The average molecular weight is 124 g/mol. The summed E-state index contributed by atoms with van der Waals surface area (Å²) >= 11 is 0. The number of nitriles is 1. The third-order valence-corrected chi connectivity index (χ3v) is 1.99. The molecule has 1 aliphatic carbocycles. The number of rotatable bonds is 0. The van der Waals surface area contributed by atoms with Gasteiger partial charge in [-0.25, -0.2) is 0 Å². The Morgan fingerprint density at radius 3 is 2.44 bits per heavy atom. The molecular weight excluding hydrogens is 112 g/mol. The summed E-state index contributed by atoms with van der Waals surface area (Å²) in [6.45, 7) is 0. The van der Waals surface area contributed by atoms with E-state index in [-0.39, 0.29) is 12.0 Å². The fraction of sp³-hybridized carbons (Fsp3) is 0.857. The summed E-state index contributed by atoms with van der Waals surface area (Å²) in [5, 5.41) is 8.53. The van der Waals surface area contributed by atoms with Gasteiger partial charge < -0.3 is 5.73 Å². The van der Waals surface area contributed by atoms with Crippen LogP contribution >= 0.6 is 0 Å². The lowest BCUT2D eigenvalue weighted by Crippen LogP contribution is -2.31. The molecule has 0 spiro atoms. The van der Waals surface area contributed by atoms with E-state index in [2.05, 4.69) is 6.07 Å². The molecule has 0 aromatic heterocycles. The van der Waals surface area contributed by atoms with Gasteiger partial charge in [-0.3, -0.25) is 0 Å². The number of hydrogen-bond acceptors (Lipinski definition) is 2. The Balaban J connectivity index is 2.41. The minimum atomic E-state index is 0.138. The first kappa shape index (κ1) is 6.57. The van der Waals surface area contributed by atoms with E-state index in [0.717, 1.165) is 12.8 Å². The van der Waals surface area contributed by atoms with Gasteiger partial charge in [0.05, 0.1) is 12.0 Å². The highest BCUT2D eigenvalue weighted by Gasteiger charge is 2.20. The van der Waals surface area contributed by atoms with Crippen LogP contribution in [0.5, 0.6) is 0 Å². The van der Waals surface area contributed by atoms with Gasteiger partial charge in [0.15, 0.2) is 0 Å². The standard InChI is InChI=1S/C7H12N2/c8-5-6-3-1-2-4-7(6)9/h6-7H,1-4,9H2. The van der Waals surface area contributed by atoms with Crippen molar-refractivity contribution in [1.82, 2.24) is 0 Å². The molecule has 2 heteroatoms. The maximum absolute atomic E-state index is 8.53. The molecule has 0 amide bonds. The van der Waals surface area contributed by atoms with Crippen LogP contribution in [0, 0.1) is 17.2 Å². The van der Waals surface area contributed by atoms with Crippen LogP contribution in [0.1, 0.15) is 25.7 Å². The highest BCUT2D eigenvalue weighted by atomic mass is 14.7. The first-order valence-electron chi connectivity index (χ1n) is 3.50. The van der Waals surface area contributed by atoms with Crippen LogP contribution in [-0.2, 0) is 0 Å². The Labute approximate surface area is 55.7 Å². The second kappa shape index (κ2) is 2.84. The van der Waals surface area contributed by atoms with Crippen molar-refractivity contribution in [3.05, 3.63) is 0 Å². The summed E-state index contributed by atoms with van der Waals surface area (Å²) in [5.41, 5.74) is 5.67. The van der Waals surface area contributed by atoms with Crippen molar-refractivity contribution in [2.24, 2.45) is 11.7 Å². The van der Waals surface area contributed by atoms with E-state index in [1.165, 1.54) is 12.8 Å². The molecule has 2 nitrogen and oxygen atoms in total. The zero-order valence-electron chi connectivity index (χ0n) is 5.51. The van der Waals surface area contributed by atoms with Crippen molar-refractivity contribution in [2.45, 2.75) is 31.7 Å². The van der Waals surface area contributed by atoms with Gasteiger partial charge in [-0.1, -0.05) is 12.8 Å². The SMILES string of the molecule is N#CC1CCCCC1N. The lowest BCUT2D eigenvalue weighted by atomic mass is 9.86. The minimum absolute atomic E-state index is 0.138. The van der Waals surface area contributed by atoms with Gasteiger partial charge in [0, 0.05) is 6.04 Å². The Morgan fingerprint density at radius 2 is 2.00 bits per heavy atom. The van der Waals surface area contributed by atoms with Gasteiger partial charge in [-0.2, -0.15) is 5.26 Å². The first-order chi connectivity index (χ1) is 4.34. The maximum atomic E-state index is 8.53. The summed E-state index contributed by atoms with van der Waals surface area (Å²) in [5.74, 6) is 0.138. The molecule has 9 heavy (non-hydrogen) atoms. The molecule has 0 bridgehead atoms. The van der Waals surface area contributed by atoms with Crippen LogP contribution < -0.4 is 5.73 Å². The third-order valence-electron chi connectivity index (χ3n) is 1.99. The zero-order valence-corrected chi connectivity index (χ0v) is 5.51. The Bertz CT molecular complexity index is 125. The molecule has 1 aliphatic rings. The lowest BCUT2D eigenvalue weighted by Gasteiger charge is -2.22. The monoisotopic (exact) mass is 124 g/mol. The average Bonchev–Trinajstić information content (AvgIpc) is 1.89. The van der Waals surface area contributed by atoms with E-state index in [4.69, 9.17) is 11.0 Å². The van der Waals surface area contributed by atoms with E-state index in [1.807, 2.05) is 0 Å². The Hall–Kier alpha value is -0.550. The lowest BCUT2D eigenvalue weighted by molar-refractivity contribution is 0.369. The Morgan fingerprint density at radius 1 is 1.33 bits per heavy atom. The zero-order chi connectivity index (χ0) is 6.69. The van der Waals surface area contributed by atoms with Gasteiger partial charge >= 0.3 is 0 Å². The van der Waals surface area contributed by atoms with E-state index in [9.17, 15) is 0 Å². The van der Waals surface area contributed by atoms with Crippen LogP contribution in [0.25, 0.3) is 0 Å². The van der Waals surface area contributed by atoms with Crippen molar-refractivity contribution in [3.63, 3.8) is 0 Å². The van der Waals surface area contributed by atoms with Crippen LogP contribution in [-0.4, -0.2) is 6.04 Å². The predicted octanol–water partition coefficient (Wildman–Crippen LogP) is 1.03. The van der Waals surface area contributed by atoms with Gasteiger partial charge in [0.1, 0.15) is 0 Å². The number of nitrogens with two attached hydrogens (primary N) is 1. The van der Waals surface area contributed by atoms with E-state index >= 15 is 0 Å². The van der Waals surface area contributed by atoms with Crippen molar-refractivity contribution in [2.75, 3.05) is 0 Å². The molecule has 2 unspecified atom stereocenters. The largest absolute Gasteiger partial charge is 0.327 e. The highest BCUT2D eigenvalue weighted by molar-refractivity contribution is 4.92. The fourth-order valence-electron chi connectivity index (χ4n) is 1.32. The molecule has 0 aromatic rings. The molecule has 50 valence electrons. The summed E-state index contributed by atoms with van der Waals surface area (Å²) in [6.07, 6.45) is 4.45. The highest BCUT2D eigenvalue weighted by Crippen LogP contribution is 2.21. The fourth-order valence-corrected chi connectivity index (χ4v) is 1.32. The maximum Gasteiger partial charge on any atom is 0.0672 e. The molecule has 1 rings (SSSR count). The van der Waals surface area contributed by atoms with Gasteiger partial charge in [-0.15, -0.1) is 0 Å². The van der Waals surface area contributed by atoms with Crippen LogP contribution in [0.2, 0.25) is 0 Å². The topological polar surface area (TPSA) is 49.8 Å². The normalized spacial score (nSPS) is 35.6. The number of hydrogen-bond donors (Lipinski definition) is 1. The summed E-state index contributed by atoms with van der Waals surface area (Å²) in [6, 6.07) is 2.38.